The molecular formula is C29H34S. The summed E-state index contributed by atoms with van der Waals surface area (Å²) in [5, 5.41) is 0.466. The Morgan fingerprint density at radius 3 is 1.97 bits per heavy atom. The number of benzene rings is 3. The van der Waals surface area contributed by atoms with Gasteiger partial charge in [-0.15, -0.1) is 11.8 Å². The lowest BCUT2D eigenvalue weighted by Crippen LogP contribution is -2.22. The van der Waals surface area contributed by atoms with Gasteiger partial charge in [-0.05, 0) is 35.1 Å². The lowest BCUT2D eigenvalue weighted by Gasteiger charge is -2.40. The van der Waals surface area contributed by atoms with E-state index in [0.29, 0.717) is 17.1 Å². The number of unbranched alkanes of at least 4 members (excludes halogenated alkanes) is 5. The van der Waals surface area contributed by atoms with Crippen molar-refractivity contribution in [1.29, 1.82) is 0 Å². The van der Waals surface area contributed by atoms with Crippen LogP contribution in [0.1, 0.15) is 85.6 Å². The molecule has 0 N–H and O–H groups in total. The summed E-state index contributed by atoms with van der Waals surface area (Å²) in [5.41, 5.74) is 4.51. The molecule has 1 heterocycles. The van der Waals surface area contributed by atoms with Gasteiger partial charge in [0.15, 0.2) is 0 Å². The van der Waals surface area contributed by atoms with Gasteiger partial charge in [-0.2, -0.15) is 0 Å². The highest BCUT2D eigenvalue weighted by atomic mass is 32.2. The minimum Gasteiger partial charge on any atom is -0.117 e. The van der Waals surface area contributed by atoms with E-state index in [9.17, 15) is 0 Å². The molecule has 0 nitrogen and oxygen atoms in total. The molecule has 3 aromatic rings. The maximum atomic E-state index is 2.39. The Morgan fingerprint density at radius 1 is 0.633 bits per heavy atom. The average Bonchev–Trinajstić information content (AvgIpc) is 2.82. The van der Waals surface area contributed by atoms with E-state index in [0.717, 1.165) is 0 Å². The standard InChI is InChI=1S/C29H34S/c1-2-3-4-5-6-13-21-26-25-20-14-15-22-27(25)30-29(24-18-11-8-12-19-24)28(26)23-16-9-7-10-17-23/h7-12,14-20,22,26,28-29H,2-6,13,21H2,1H3. The van der Waals surface area contributed by atoms with E-state index in [-0.39, 0.29) is 0 Å². The smallest absolute Gasteiger partial charge is 0.0419 e. The summed E-state index contributed by atoms with van der Waals surface area (Å²) in [4.78, 5) is 1.48. The predicted octanol–water partition coefficient (Wildman–Crippen LogP) is 9.15. The topological polar surface area (TPSA) is 0 Å². The largest absolute Gasteiger partial charge is 0.117 e. The third-order valence-electron chi connectivity index (χ3n) is 6.51. The van der Waals surface area contributed by atoms with E-state index < -0.39 is 0 Å². The van der Waals surface area contributed by atoms with E-state index >= 15 is 0 Å². The van der Waals surface area contributed by atoms with Gasteiger partial charge in [-0.1, -0.05) is 124 Å². The van der Waals surface area contributed by atoms with Gasteiger partial charge in [0.25, 0.3) is 0 Å². The molecule has 4 rings (SSSR count). The normalized spacial score (nSPS) is 20.6. The SMILES string of the molecule is CCCCCCCCC1c2ccccc2SC(c2ccccc2)C1c1ccccc1. The number of rotatable bonds is 9. The first kappa shape index (κ1) is 21.2. The van der Waals surface area contributed by atoms with Gasteiger partial charge in [0, 0.05) is 16.1 Å². The Kier molecular flexibility index (Phi) is 7.70. The zero-order valence-corrected chi connectivity index (χ0v) is 19.0. The number of thioether (sulfide) groups is 1. The number of fused-ring (bicyclic) bond motifs is 1. The summed E-state index contributed by atoms with van der Waals surface area (Å²) in [7, 11) is 0. The van der Waals surface area contributed by atoms with Crippen LogP contribution in [0.3, 0.4) is 0 Å². The van der Waals surface area contributed by atoms with E-state index in [2.05, 4.69) is 104 Å². The van der Waals surface area contributed by atoms with Crippen LogP contribution in [0.15, 0.2) is 89.8 Å². The molecule has 0 bridgehead atoms. The summed E-state index contributed by atoms with van der Waals surface area (Å²) >= 11 is 2.07. The van der Waals surface area contributed by atoms with Crippen molar-refractivity contribution in [3.63, 3.8) is 0 Å². The molecule has 0 fully saturated rings. The second-order valence-corrected chi connectivity index (χ2v) is 9.77. The van der Waals surface area contributed by atoms with Gasteiger partial charge in [0.1, 0.15) is 0 Å². The highest BCUT2D eigenvalue weighted by molar-refractivity contribution is 7.99. The Hall–Kier alpha value is -1.99. The predicted molar refractivity (Wildman–Crippen MR) is 131 cm³/mol. The van der Waals surface area contributed by atoms with Crippen LogP contribution in [0.5, 0.6) is 0 Å². The van der Waals surface area contributed by atoms with Crippen LogP contribution < -0.4 is 0 Å². The van der Waals surface area contributed by atoms with Gasteiger partial charge in [-0.25, -0.2) is 0 Å². The van der Waals surface area contributed by atoms with Crippen LogP contribution in [-0.2, 0) is 0 Å². The van der Waals surface area contributed by atoms with Crippen molar-refractivity contribution in [2.24, 2.45) is 0 Å². The summed E-state index contributed by atoms with van der Waals surface area (Å²) < 4.78 is 0. The molecule has 0 saturated heterocycles. The first-order valence-corrected chi connectivity index (χ1v) is 12.6. The molecule has 3 unspecified atom stereocenters. The van der Waals surface area contributed by atoms with Crippen LogP contribution in [0, 0.1) is 0 Å². The third-order valence-corrected chi connectivity index (χ3v) is 7.96. The monoisotopic (exact) mass is 414 g/mol. The summed E-state index contributed by atoms with van der Waals surface area (Å²) in [6.07, 6.45) is 9.46. The third kappa shape index (κ3) is 5.01. The van der Waals surface area contributed by atoms with E-state index in [1.54, 1.807) is 5.56 Å². The Bertz CT molecular complexity index is 887. The van der Waals surface area contributed by atoms with Crippen molar-refractivity contribution in [3.05, 3.63) is 102 Å². The lowest BCUT2D eigenvalue weighted by molar-refractivity contribution is 0.452. The van der Waals surface area contributed by atoms with Crippen LogP contribution in [-0.4, -0.2) is 0 Å². The van der Waals surface area contributed by atoms with Crippen LogP contribution in [0.25, 0.3) is 0 Å². The Morgan fingerprint density at radius 2 is 1.23 bits per heavy atom. The molecule has 0 spiro atoms. The second-order valence-electron chi connectivity index (χ2n) is 8.59. The van der Waals surface area contributed by atoms with Crippen molar-refractivity contribution >= 4 is 11.8 Å². The zero-order valence-electron chi connectivity index (χ0n) is 18.2. The lowest BCUT2D eigenvalue weighted by atomic mass is 9.74. The average molecular weight is 415 g/mol. The molecule has 30 heavy (non-hydrogen) atoms. The highest BCUT2D eigenvalue weighted by Crippen LogP contribution is 2.58. The Balaban J connectivity index is 1.65. The Labute approximate surface area is 187 Å². The van der Waals surface area contributed by atoms with Gasteiger partial charge in [0.05, 0.1) is 0 Å². The molecule has 0 aromatic heterocycles. The summed E-state index contributed by atoms with van der Waals surface area (Å²) in [6, 6.07) is 31.6. The molecule has 0 saturated carbocycles. The summed E-state index contributed by atoms with van der Waals surface area (Å²) in [6.45, 7) is 2.30. The first-order valence-electron chi connectivity index (χ1n) is 11.7. The molecule has 1 heteroatoms. The zero-order chi connectivity index (χ0) is 20.6. The van der Waals surface area contributed by atoms with Crippen LogP contribution in [0.4, 0.5) is 0 Å². The maximum Gasteiger partial charge on any atom is 0.0419 e. The van der Waals surface area contributed by atoms with Crippen LogP contribution >= 0.6 is 11.8 Å². The number of hydrogen-bond acceptors (Lipinski definition) is 1. The minimum absolute atomic E-state index is 0.466. The molecule has 0 aliphatic carbocycles. The van der Waals surface area contributed by atoms with Crippen molar-refractivity contribution in [2.75, 3.05) is 0 Å². The van der Waals surface area contributed by atoms with Gasteiger partial charge in [-0.3, -0.25) is 0 Å². The van der Waals surface area contributed by atoms with Crippen molar-refractivity contribution in [2.45, 2.75) is 73.9 Å². The fourth-order valence-electron chi connectivity index (χ4n) is 4.99. The molecule has 156 valence electrons. The first-order chi connectivity index (χ1) is 14.9. The number of hydrogen-bond donors (Lipinski definition) is 0. The van der Waals surface area contributed by atoms with E-state index in [4.69, 9.17) is 0 Å². The quantitative estimate of drug-likeness (QED) is 0.314. The molecule has 1 aliphatic rings. The molecule has 1 aliphatic heterocycles. The van der Waals surface area contributed by atoms with Gasteiger partial charge < -0.3 is 0 Å². The van der Waals surface area contributed by atoms with E-state index in [1.807, 2.05) is 0 Å². The van der Waals surface area contributed by atoms with Crippen molar-refractivity contribution in [1.82, 2.24) is 0 Å². The fourth-order valence-corrected chi connectivity index (χ4v) is 6.56. The van der Waals surface area contributed by atoms with Gasteiger partial charge in [0.2, 0.25) is 0 Å². The molecular weight excluding hydrogens is 380 g/mol. The van der Waals surface area contributed by atoms with E-state index in [1.165, 1.54) is 61.0 Å². The maximum absolute atomic E-state index is 2.39. The molecule has 3 aromatic carbocycles. The highest BCUT2D eigenvalue weighted by Gasteiger charge is 2.38. The van der Waals surface area contributed by atoms with Gasteiger partial charge >= 0.3 is 0 Å². The van der Waals surface area contributed by atoms with Crippen molar-refractivity contribution in [3.8, 4) is 0 Å². The minimum atomic E-state index is 0.466. The summed E-state index contributed by atoms with van der Waals surface area (Å²) in [5.74, 6) is 1.10. The molecule has 3 atom stereocenters. The molecule has 0 radical (unpaired) electrons. The molecule has 0 amide bonds. The second kappa shape index (κ2) is 10.9. The fraction of sp³-hybridized carbons (Fsp3) is 0.379. The van der Waals surface area contributed by atoms with Crippen molar-refractivity contribution < 1.29 is 0 Å². The van der Waals surface area contributed by atoms with Crippen LogP contribution in [0.2, 0.25) is 0 Å².